The van der Waals surface area contributed by atoms with Gasteiger partial charge in [0.05, 0.1) is 0 Å². The van der Waals surface area contributed by atoms with Crippen molar-refractivity contribution in [2.45, 2.75) is 65.2 Å². The van der Waals surface area contributed by atoms with Gasteiger partial charge in [-0.3, -0.25) is 0 Å². The Hall–Kier alpha value is 1.53. The minimum Gasteiger partial charge on any atom is -1.00 e. The van der Waals surface area contributed by atoms with Crippen molar-refractivity contribution in [1.29, 1.82) is 0 Å². The van der Waals surface area contributed by atoms with Crippen molar-refractivity contribution < 1.29 is 2.85 Å². The van der Waals surface area contributed by atoms with Gasteiger partial charge < -0.3 is 16.7 Å². The van der Waals surface area contributed by atoms with Gasteiger partial charge in [0.15, 0.2) is 0 Å². The third-order valence-corrected chi connectivity index (χ3v) is 1.71. The second-order valence-corrected chi connectivity index (χ2v) is 3.12. The molecule has 0 rings (SSSR count). The van der Waals surface area contributed by atoms with E-state index in [9.17, 15) is 0 Å². The third-order valence-electron chi connectivity index (χ3n) is 1.71. The molecule has 14 heavy (non-hydrogen) atoms. The molecule has 0 heterocycles. The molecule has 0 aromatic carbocycles. The molecule has 0 N–H and O–H groups in total. The number of hydrogen-bond donors (Lipinski definition) is 0. The summed E-state index contributed by atoms with van der Waals surface area (Å²) in [5, 5.41) is 0. The van der Waals surface area contributed by atoms with E-state index in [1.807, 2.05) is 0 Å². The average Bonchev–Trinajstić information content (AvgIpc) is 2.13. The van der Waals surface area contributed by atoms with Gasteiger partial charge in [-0.25, -0.2) is 0 Å². The van der Waals surface area contributed by atoms with E-state index in [1.165, 1.54) is 38.5 Å². The van der Waals surface area contributed by atoms with Crippen LogP contribution in [-0.4, -0.2) is 46.1 Å². The van der Waals surface area contributed by atoms with Gasteiger partial charge in [0.1, 0.15) is 0 Å². The van der Waals surface area contributed by atoms with Crippen molar-refractivity contribution >= 4 is 46.1 Å². The van der Waals surface area contributed by atoms with Crippen LogP contribution in [0.4, 0.5) is 0 Å². The van der Waals surface area contributed by atoms with E-state index < -0.39 is 0 Å². The number of rotatable bonds is 6. The zero-order valence-electron chi connectivity index (χ0n) is 12.5. The molecule has 0 bridgehead atoms. The smallest absolute Gasteiger partial charge is 1.00 e. The Morgan fingerprint density at radius 3 is 1.43 bits per heavy atom. The molecular weight excluding hydrogens is 193 g/mol. The summed E-state index contributed by atoms with van der Waals surface area (Å²) in [5.74, 6) is 0. The van der Waals surface area contributed by atoms with E-state index in [0.717, 1.165) is 12.8 Å². The minimum atomic E-state index is 0. The van der Waals surface area contributed by atoms with Crippen LogP contribution in [0.1, 0.15) is 68.1 Å². The summed E-state index contributed by atoms with van der Waals surface area (Å²) < 4.78 is 0. The van der Waals surface area contributed by atoms with Crippen molar-refractivity contribution in [2.24, 2.45) is 0 Å². The molecule has 2 heteroatoms. The average molecular weight is 221 g/mol. The molecule has 0 aromatic heterocycles. The molecule has 0 radical (unpaired) electrons. The molecule has 0 aliphatic rings. The molecule has 0 saturated carbocycles. The maximum atomic E-state index is 3.78. The number of unbranched alkanes of at least 4 members (excludes halogenated alkanes) is 6. The van der Waals surface area contributed by atoms with Crippen LogP contribution in [0.15, 0.2) is 0 Å². The Labute approximate surface area is 127 Å². The van der Waals surface area contributed by atoms with Crippen LogP contribution in [0.3, 0.4) is 0 Å². The fourth-order valence-electron chi connectivity index (χ4n) is 0.780. The van der Waals surface area contributed by atoms with Crippen molar-refractivity contribution in [1.82, 2.24) is 0 Å². The van der Waals surface area contributed by atoms with E-state index in [-0.39, 0.29) is 49.0 Å². The Morgan fingerprint density at radius 1 is 0.714 bits per heavy atom. The van der Waals surface area contributed by atoms with Gasteiger partial charge in [0.2, 0.25) is 0 Å². The summed E-state index contributed by atoms with van der Waals surface area (Å²) in [7, 11) is 0. The van der Waals surface area contributed by atoms with E-state index in [4.69, 9.17) is 0 Å². The van der Waals surface area contributed by atoms with Crippen molar-refractivity contribution in [3.63, 3.8) is 0 Å². The first-order valence-corrected chi connectivity index (χ1v) is 5.41. The fourth-order valence-corrected chi connectivity index (χ4v) is 0.780. The second-order valence-electron chi connectivity index (χ2n) is 3.12. The minimum absolute atomic E-state index is 0. The normalized spacial score (nSPS) is 7.71. The topological polar surface area (TPSA) is 0 Å². The molecular formula is C12H28Mg2. The monoisotopic (exact) mass is 220 g/mol. The number of hydrogen-bond acceptors (Lipinski definition) is 0. The van der Waals surface area contributed by atoms with Gasteiger partial charge in [-0.15, -0.1) is 0 Å². The van der Waals surface area contributed by atoms with E-state index >= 15 is 0 Å². The summed E-state index contributed by atoms with van der Waals surface area (Å²) in [6.07, 6.45) is 10.3. The predicted octanol–water partition coefficient (Wildman–Crippen LogP) is 4.26. The summed E-state index contributed by atoms with van der Waals surface area (Å²) >= 11 is 0. The quantitative estimate of drug-likeness (QED) is 0.357. The van der Waals surface area contributed by atoms with Crippen LogP contribution in [0, 0.1) is 13.8 Å². The van der Waals surface area contributed by atoms with Gasteiger partial charge in [-0.1, -0.05) is 52.4 Å². The largest absolute Gasteiger partial charge is 2.00 e. The zero-order valence-corrected chi connectivity index (χ0v) is 13.3. The standard InChI is InChI=1S/C8H17.C4H9.2Mg.2H/c1-3-5-7-8-6-4-2;1-3-4-2;;;;/h1,3-8H2,2H3;1,3-4H2,2H3;;;;/q2*-1;2*+2;2*-1. The Balaban J connectivity index is -0.0000000281. The Morgan fingerprint density at radius 2 is 1.14 bits per heavy atom. The Kier molecular flexibility index (Phi) is 51.6. The maximum absolute atomic E-state index is 3.78. The summed E-state index contributed by atoms with van der Waals surface area (Å²) in [6, 6.07) is 0. The van der Waals surface area contributed by atoms with Gasteiger partial charge >= 0.3 is 46.1 Å². The van der Waals surface area contributed by atoms with Crippen LogP contribution in [0.25, 0.3) is 0 Å². The molecule has 0 nitrogen and oxygen atoms in total. The van der Waals surface area contributed by atoms with Gasteiger partial charge in [-0.2, -0.15) is 12.8 Å². The molecule has 0 amide bonds. The SMILES string of the molecule is [CH2-]CCC.[CH2-]CCCCCCC.[H-].[H-].[Mg+2].[Mg+2]. The molecule has 0 aliphatic heterocycles. The predicted molar refractivity (Wildman–Crippen MR) is 72.7 cm³/mol. The first-order chi connectivity index (χ1) is 5.83. The Bertz CT molecular complexity index is 57.0. The second kappa shape index (κ2) is 29.3. The van der Waals surface area contributed by atoms with Gasteiger partial charge in [0, 0.05) is 0 Å². The molecule has 0 aromatic rings. The van der Waals surface area contributed by atoms with Crippen molar-refractivity contribution in [3.05, 3.63) is 13.8 Å². The van der Waals surface area contributed by atoms with Crippen LogP contribution >= 0.6 is 0 Å². The van der Waals surface area contributed by atoms with E-state index in [2.05, 4.69) is 27.7 Å². The van der Waals surface area contributed by atoms with Gasteiger partial charge in [-0.05, 0) is 0 Å². The molecule has 0 saturated heterocycles. The summed E-state index contributed by atoms with van der Waals surface area (Å²) in [4.78, 5) is 0. The van der Waals surface area contributed by atoms with Gasteiger partial charge in [0.25, 0.3) is 0 Å². The third kappa shape index (κ3) is 37.5. The molecule has 80 valence electrons. The van der Waals surface area contributed by atoms with E-state index in [0.29, 0.717) is 0 Å². The molecule has 0 fully saturated rings. The van der Waals surface area contributed by atoms with Crippen LogP contribution < -0.4 is 0 Å². The van der Waals surface area contributed by atoms with Crippen LogP contribution in [0.2, 0.25) is 0 Å². The molecule has 0 aliphatic carbocycles. The summed E-state index contributed by atoms with van der Waals surface area (Å²) in [5.41, 5.74) is 0. The van der Waals surface area contributed by atoms with E-state index in [1.54, 1.807) is 0 Å². The molecule has 0 unspecified atom stereocenters. The zero-order chi connectivity index (χ0) is 9.66. The maximum Gasteiger partial charge on any atom is 2.00 e. The first kappa shape index (κ1) is 24.7. The summed E-state index contributed by atoms with van der Waals surface area (Å²) in [6.45, 7) is 11.7. The van der Waals surface area contributed by atoms with Crippen LogP contribution in [0.5, 0.6) is 0 Å². The van der Waals surface area contributed by atoms with Crippen molar-refractivity contribution in [2.75, 3.05) is 0 Å². The van der Waals surface area contributed by atoms with Crippen LogP contribution in [-0.2, 0) is 0 Å². The van der Waals surface area contributed by atoms with Crippen molar-refractivity contribution in [3.8, 4) is 0 Å². The first-order valence-electron chi connectivity index (χ1n) is 5.41. The molecule has 0 spiro atoms. The fraction of sp³-hybridized carbons (Fsp3) is 0.833. The molecule has 0 atom stereocenters.